The predicted octanol–water partition coefficient (Wildman–Crippen LogP) is 3.16. The summed E-state index contributed by atoms with van der Waals surface area (Å²) < 4.78 is 5.53. The highest BCUT2D eigenvalue weighted by Gasteiger charge is 2.15. The second-order valence-corrected chi connectivity index (χ2v) is 6.24. The maximum atomic E-state index is 12.2. The Morgan fingerprint density at radius 2 is 2.13 bits per heavy atom. The number of nitrogens with one attached hydrogen (secondary N) is 1. The van der Waals surface area contributed by atoms with Gasteiger partial charge in [0.15, 0.2) is 11.2 Å². The molecule has 2 aromatic heterocycles. The molecule has 1 amide bonds. The lowest BCUT2D eigenvalue weighted by molar-refractivity contribution is 0.0997. The average Bonchev–Trinajstić information content (AvgIpc) is 2.95. The Kier molecular flexibility index (Phi) is 4.20. The van der Waals surface area contributed by atoms with Crippen molar-refractivity contribution in [1.29, 1.82) is 0 Å². The van der Waals surface area contributed by atoms with Gasteiger partial charge in [-0.25, -0.2) is 0 Å². The first-order chi connectivity index (χ1) is 11.1. The summed E-state index contributed by atoms with van der Waals surface area (Å²) >= 11 is 1.32. The van der Waals surface area contributed by atoms with Crippen LogP contribution < -0.4 is 10.7 Å². The molecule has 0 aliphatic heterocycles. The van der Waals surface area contributed by atoms with E-state index in [0.29, 0.717) is 16.1 Å². The number of hydrogen-bond donors (Lipinski definition) is 1. The van der Waals surface area contributed by atoms with Crippen LogP contribution in [0, 0.1) is 6.92 Å². The standard InChI is InChI=1S/C16H15N3O3S/c1-3-4-14-18-19-16(23-14)17-15(21)13-8-11(20)10-7-9(2)5-6-12(10)22-13/h5-8H,3-4H2,1-2H3,(H,17,19,21). The molecular formula is C16H15N3O3S. The Bertz CT molecular complexity index is 930. The highest BCUT2D eigenvalue weighted by molar-refractivity contribution is 7.15. The predicted molar refractivity (Wildman–Crippen MR) is 89.1 cm³/mol. The fourth-order valence-electron chi connectivity index (χ4n) is 2.16. The summed E-state index contributed by atoms with van der Waals surface area (Å²) in [7, 11) is 0. The molecule has 0 aliphatic carbocycles. The fraction of sp³-hybridized carbons (Fsp3) is 0.250. The summed E-state index contributed by atoms with van der Waals surface area (Å²) in [5, 5.41) is 12.2. The Hall–Kier alpha value is -2.54. The van der Waals surface area contributed by atoms with Gasteiger partial charge in [-0.15, -0.1) is 10.2 Å². The van der Waals surface area contributed by atoms with Crippen LogP contribution in [0.5, 0.6) is 0 Å². The first-order valence-electron chi connectivity index (χ1n) is 7.25. The number of nitrogens with zero attached hydrogens (tertiary/aromatic N) is 2. The van der Waals surface area contributed by atoms with Crippen LogP contribution in [-0.2, 0) is 6.42 Å². The number of rotatable bonds is 4. The quantitative estimate of drug-likeness (QED) is 0.794. The number of fused-ring (bicyclic) bond motifs is 1. The van der Waals surface area contributed by atoms with E-state index in [1.807, 2.05) is 19.9 Å². The van der Waals surface area contributed by atoms with Crippen LogP contribution in [0.4, 0.5) is 5.13 Å². The number of benzene rings is 1. The maximum Gasteiger partial charge on any atom is 0.293 e. The molecule has 0 fully saturated rings. The van der Waals surface area contributed by atoms with Gasteiger partial charge in [-0.3, -0.25) is 14.9 Å². The van der Waals surface area contributed by atoms with E-state index in [9.17, 15) is 9.59 Å². The van der Waals surface area contributed by atoms with Crippen molar-refractivity contribution in [3.05, 3.63) is 50.8 Å². The zero-order valence-electron chi connectivity index (χ0n) is 12.8. The van der Waals surface area contributed by atoms with Gasteiger partial charge in [-0.05, 0) is 25.5 Å². The number of carbonyl (C=O) groups excluding carboxylic acids is 1. The SMILES string of the molecule is CCCc1nnc(NC(=O)c2cc(=O)c3cc(C)ccc3o2)s1. The van der Waals surface area contributed by atoms with E-state index in [0.717, 1.165) is 23.4 Å². The van der Waals surface area contributed by atoms with Gasteiger partial charge < -0.3 is 4.42 Å². The normalized spacial score (nSPS) is 10.9. The fourth-order valence-corrected chi connectivity index (χ4v) is 3.00. The van der Waals surface area contributed by atoms with Crippen LogP contribution in [0.15, 0.2) is 33.5 Å². The van der Waals surface area contributed by atoms with Crippen molar-refractivity contribution in [2.45, 2.75) is 26.7 Å². The van der Waals surface area contributed by atoms with Gasteiger partial charge in [0.25, 0.3) is 5.91 Å². The van der Waals surface area contributed by atoms with E-state index in [4.69, 9.17) is 4.42 Å². The molecule has 7 heteroatoms. The number of amides is 1. The molecule has 3 aromatic rings. The van der Waals surface area contributed by atoms with E-state index < -0.39 is 5.91 Å². The highest BCUT2D eigenvalue weighted by Crippen LogP contribution is 2.19. The molecule has 0 bridgehead atoms. The van der Waals surface area contributed by atoms with Gasteiger partial charge in [-0.2, -0.15) is 0 Å². The molecule has 0 spiro atoms. The molecule has 0 unspecified atom stereocenters. The van der Waals surface area contributed by atoms with Crippen molar-refractivity contribution < 1.29 is 9.21 Å². The number of anilines is 1. The minimum Gasteiger partial charge on any atom is -0.451 e. The molecule has 118 valence electrons. The minimum atomic E-state index is -0.510. The van der Waals surface area contributed by atoms with E-state index in [-0.39, 0.29) is 11.2 Å². The number of aryl methyl sites for hydroxylation is 2. The molecule has 23 heavy (non-hydrogen) atoms. The average molecular weight is 329 g/mol. The summed E-state index contributed by atoms with van der Waals surface area (Å²) in [5.41, 5.74) is 1.10. The molecular weight excluding hydrogens is 314 g/mol. The molecule has 6 nitrogen and oxygen atoms in total. The molecule has 0 saturated carbocycles. The Labute approximate surface area is 136 Å². The molecule has 1 aromatic carbocycles. The van der Waals surface area contributed by atoms with Gasteiger partial charge in [0.05, 0.1) is 5.39 Å². The second-order valence-electron chi connectivity index (χ2n) is 5.18. The third kappa shape index (κ3) is 3.29. The van der Waals surface area contributed by atoms with Crippen molar-refractivity contribution in [3.8, 4) is 0 Å². The summed E-state index contributed by atoms with van der Waals surface area (Å²) in [6.45, 7) is 3.94. The van der Waals surface area contributed by atoms with Crippen molar-refractivity contribution in [2.24, 2.45) is 0 Å². The molecule has 0 atom stereocenters. The Balaban J connectivity index is 1.88. The van der Waals surface area contributed by atoms with E-state index in [1.54, 1.807) is 12.1 Å². The number of hydrogen-bond acceptors (Lipinski definition) is 6. The van der Waals surface area contributed by atoms with Crippen molar-refractivity contribution in [1.82, 2.24) is 10.2 Å². The van der Waals surface area contributed by atoms with Crippen molar-refractivity contribution >= 4 is 33.3 Å². The first-order valence-corrected chi connectivity index (χ1v) is 8.06. The van der Waals surface area contributed by atoms with Gasteiger partial charge in [0.2, 0.25) is 5.13 Å². The first kappa shape index (κ1) is 15.4. The molecule has 0 aliphatic rings. The van der Waals surface area contributed by atoms with Crippen molar-refractivity contribution in [3.63, 3.8) is 0 Å². The minimum absolute atomic E-state index is 0.0430. The molecule has 0 saturated heterocycles. The summed E-state index contributed by atoms with van der Waals surface area (Å²) in [6.07, 6.45) is 1.78. The van der Waals surface area contributed by atoms with Crippen LogP contribution in [0.25, 0.3) is 11.0 Å². The third-order valence-electron chi connectivity index (χ3n) is 3.26. The second kappa shape index (κ2) is 6.29. The van der Waals surface area contributed by atoms with Crippen LogP contribution in [-0.4, -0.2) is 16.1 Å². The van der Waals surface area contributed by atoms with Gasteiger partial charge in [0, 0.05) is 12.5 Å². The van der Waals surface area contributed by atoms with Crippen molar-refractivity contribution in [2.75, 3.05) is 5.32 Å². The zero-order chi connectivity index (χ0) is 16.4. The molecule has 2 heterocycles. The van der Waals surface area contributed by atoms with E-state index in [1.165, 1.54) is 17.4 Å². The van der Waals surface area contributed by atoms with Gasteiger partial charge in [-0.1, -0.05) is 29.9 Å². The smallest absolute Gasteiger partial charge is 0.293 e. The van der Waals surface area contributed by atoms with Crippen LogP contribution in [0.1, 0.15) is 34.5 Å². The highest BCUT2D eigenvalue weighted by atomic mass is 32.1. The summed E-state index contributed by atoms with van der Waals surface area (Å²) in [5.74, 6) is -0.553. The zero-order valence-corrected chi connectivity index (χ0v) is 13.6. The number of aromatic nitrogens is 2. The number of carbonyl (C=O) groups is 1. The van der Waals surface area contributed by atoms with Crippen LogP contribution in [0.2, 0.25) is 0 Å². The van der Waals surface area contributed by atoms with E-state index >= 15 is 0 Å². The largest absolute Gasteiger partial charge is 0.451 e. The van der Waals surface area contributed by atoms with Gasteiger partial charge >= 0.3 is 0 Å². The van der Waals surface area contributed by atoms with Crippen LogP contribution in [0.3, 0.4) is 0 Å². The molecule has 3 rings (SSSR count). The maximum absolute atomic E-state index is 12.2. The molecule has 0 radical (unpaired) electrons. The lowest BCUT2D eigenvalue weighted by Gasteiger charge is -2.03. The van der Waals surface area contributed by atoms with Gasteiger partial charge in [0.1, 0.15) is 10.6 Å². The van der Waals surface area contributed by atoms with E-state index in [2.05, 4.69) is 15.5 Å². The lowest BCUT2D eigenvalue weighted by Crippen LogP contribution is -2.14. The summed E-state index contributed by atoms with van der Waals surface area (Å²) in [4.78, 5) is 24.4. The Morgan fingerprint density at radius 3 is 2.91 bits per heavy atom. The monoisotopic (exact) mass is 329 g/mol. The lowest BCUT2D eigenvalue weighted by atomic mass is 10.1. The Morgan fingerprint density at radius 1 is 1.30 bits per heavy atom. The topological polar surface area (TPSA) is 85.1 Å². The third-order valence-corrected chi connectivity index (χ3v) is 4.16. The summed E-state index contributed by atoms with van der Waals surface area (Å²) in [6, 6.07) is 6.46. The molecule has 1 N–H and O–H groups in total. The van der Waals surface area contributed by atoms with Crippen LogP contribution >= 0.6 is 11.3 Å².